The molecule has 1 N–H and O–H groups in total. The molecule has 0 aliphatic carbocycles. The van der Waals surface area contributed by atoms with E-state index in [2.05, 4.69) is 20.4 Å². The highest BCUT2D eigenvalue weighted by atomic mass is 19.4. The minimum Gasteiger partial charge on any atom is -0.444 e. The van der Waals surface area contributed by atoms with Crippen LogP contribution >= 0.6 is 0 Å². The first-order valence-corrected chi connectivity index (χ1v) is 11.7. The highest BCUT2D eigenvalue weighted by molar-refractivity contribution is 5.79. The maximum atomic E-state index is 13.8. The number of nitrogens with zero attached hydrogens (tertiary/aromatic N) is 4. The van der Waals surface area contributed by atoms with Crippen molar-refractivity contribution in [1.29, 1.82) is 0 Å². The third-order valence-electron chi connectivity index (χ3n) is 5.42. The lowest BCUT2D eigenvalue weighted by Crippen LogP contribution is -2.32. The first kappa shape index (κ1) is 26.4. The maximum Gasteiger partial charge on any atom is 0.435 e. The number of carbonyl (C=O) groups excluding carboxylic acids is 1. The molecular weight excluding hydrogens is 459 g/mol. The highest BCUT2D eigenvalue weighted by Crippen LogP contribution is 2.38. The third-order valence-corrected chi connectivity index (χ3v) is 5.42. The molecule has 3 rings (SSSR count). The van der Waals surface area contributed by atoms with Gasteiger partial charge in [0.05, 0.1) is 16.7 Å². The van der Waals surface area contributed by atoms with Crippen LogP contribution < -0.4 is 5.32 Å². The van der Waals surface area contributed by atoms with Crippen LogP contribution in [0.3, 0.4) is 0 Å². The minimum atomic E-state index is -4.64. The van der Waals surface area contributed by atoms with Gasteiger partial charge < -0.3 is 10.1 Å². The van der Waals surface area contributed by atoms with Gasteiger partial charge in [-0.2, -0.15) is 18.3 Å². The smallest absolute Gasteiger partial charge is 0.435 e. The van der Waals surface area contributed by atoms with Gasteiger partial charge in [0.15, 0.2) is 5.69 Å². The van der Waals surface area contributed by atoms with E-state index < -0.39 is 23.6 Å². The van der Waals surface area contributed by atoms with E-state index in [-0.39, 0.29) is 11.2 Å². The number of ether oxygens (including phenoxy) is 1. The Bertz CT molecular complexity index is 1180. The zero-order valence-corrected chi connectivity index (χ0v) is 20.8. The van der Waals surface area contributed by atoms with Crippen molar-refractivity contribution in [3.8, 4) is 11.3 Å². The number of benzene rings is 1. The van der Waals surface area contributed by atoms with Crippen molar-refractivity contribution in [2.75, 3.05) is 6.54 Å². The summed E-state index contributed by atoms with van der Waals surface area (Å²) in [6.07, 6.45) is -1.65. The summed E-state index contributed by atoms with van der Waals surface area (Å²) in [5.74, 6) is 0. The normalized spacial score (nSPS) is 12.2. The molecule has 0 spiro atoms. The summed E-state index contributed by atoms with van der Waals surface area (Å²) in [4.78, 5) is 19.9. The largest absolute Gasteiger partial charge is 0.444 e. The van der Waals surface area contributed by atoms with E-state index in [0.717, 1.165) is 25.7 Å². The summed E-state index contributed by atoms with van der Waals surface area (Å²) in [6.45, 7) is 10.00. The van der Waals surface area contributed by atoms with Crippen molar-refractivity contribution < 1.29 is 22.7 Å². The van der Waals surface area contributed by atoms with Gasteiger partial charge in [0.25, 0.3) is 0 Å². The molecule has 0 fully saturated rings. The summed E-state index contributed by atoms with van der Waals surface area (Å²) >= 11 is 0. The number of hydrogen-bond acceptors (Lipinski definition) is 5. The SMILES string of the molecule is Cc1nn(CCCCCCNC(=O)OC(C)(C)C)c(C)c1-c1nc2ccccc2nc1C(F)(F)F. The van der Waals surface area contributed by atoms with Crippen LogP contribution in [0.2, 0.25) is 0 Å². The lowest BCUT2D eigenvalue weighted by atomic mass is 10.1. The molecule has 190 valence electrons. The second-order valence-corrected chi connectivity index (χ2v) is 9.52. The Kier molecular flexibility index (Phi) is 8.02. The fourth-order valence-corrected chi connectivity index (χ4v) is 3.87. The molecule has 2 heterocycles. The molecule has 1 amide bonds. The van der Waals surface area contributed by atoms with Crippen molar-refractivity contribution in [1.82, 2.24) is 25.1 Å². The van der Waals surface area contributed by atoms with Crippen molar-refractivity contribution in [2.24, 2.45) is 0 Å². The van der Waals surface area contributed by atoms with Crippen LogP contribution in [-0.4, -0.2) is 38.0 Å². The first-order chi connectivity index (χ1) is 16.4. The Hall–Kier alpha value is -3.17. The quantitative estimate of drug-likeness (QED) is 0.379. The Labute approximate surface area is 203 Å². The number of alkyl halides is 3. The maximum absolute atomic E-state index is 13.8. The van der Waals surface area contributed by atoms with Crippen LogP contribution in [0.4, 0.5) is 18.0 Å². The zero-order valence-electron chi connectivity index (χ0n) is 20.8. The predicted molar refractivity (Wildman–Crippen MR) is 128 cm³/mol. The molecule has 3 aromatic rings. The van der Waals surface area contributed by atoms with Crippen molar-refractivity contribution in [3.63, 3.8) is 0 Å². The van der Waals surface area contributed by atoms with Crippen LogP contribution in [0.25, 0.3) is 22.3 Å². The lowest BCUT2D eigenvalue weighted by molar-refractivity contribution is -0.140. The Morgan fingerprint density at radius 2 is 1.63 bits per heavy atom. The number of nitrogens with one attached hydrogen (secondary N) is 1. The predicted octanol–water partition coefficient (Wildman–Crippen LogP) is 6.21. The number of rotatable bonds is 8. The summed E-state index contributed by atoms with van der Waals surface area (Å²) in [6, 6.07) is 6.53. The second-order valence-electron chi connectivity index (χ2n) is 9.52. The van der Waals surface area contributed by atoms with E-state index in [1.807, 2.05) is 20.8 Å². The molecule has 0 atom stereocenters. The first-order valence-electron chi connectivity index (χ1n) is 11.7. The summed E-state index contributed by atoms with van der Waals surface area (Å²) in [5, 5.41) is 7.22. The average molecular weight is 492 g/mol. The Morgan fingerprint density at radius 1 is 1.00 bits per heavy atom. The number of amides is 1. The van der Waals surface area contributed by atoms with Crippen molar-refractivity contribution in [3.05, 3.63) is 41.3 Å². The molecular formula is C25H32F3N5O2. The second kappa shape index (κ2) is 10.6. The van der Waals surface area contributed by atoms with Crippen LogP contribution in [0.15, 0.2) is 24.3 Å². The van der Waals surface area contributed by atoms with Gasteiger partial charge in [0.2, 0.25) is 0 Å². The standard InChI is InChI=1S/C25H32F3N5O2/c1-16-20(21-22(25(26,27)28)31-19-13-9-8-12-18(19)30-21)17(2)33(32-16)15-11-7-6-10-14-29-23(34)35-24(3,4)5/h8-9,12-13H,6-7,10-11,14-15H2,1-5H3,(H,29,34). The van der Waals surface area contributed by atoms with Crippen LogP contribution in [-0.2, 0) is 17.5 Å². The van der Waals surface area contributed by atoms with Gasteiger partial charge >= 0.3 is 12.3 Å². The zero-order chi connectivity index (χ0) is 25.8. The summed E-state index contributed by atoms with van der Waals surface area (Å²) in [5.41, 5.74) is 0.377. The molecule has 2 aromatic heterocycles. The van der Waals surface area contributed by atoms with Crippen LogP contribution in [0.1, 0.15) is 63.5 Å². The van der Waals surface area contributed by atoms with Gasteiger partial charge in [0, 0.05) is 24.3 Å². The number of aryl methyl sites for hydroxylation is 2. The van der Waals surface area contributed by atoms with Gasteiger partial charge in [-0.15, -0.1) is 0 Å². The number of fused-ring (bicyclic) bond motifs is 1. The van der Waals surface area contributed by atoms with Crippen molar-refractivity contribution in [2.45, 2.75) is 78.6 Å². The topological polar surface area (TPSA) is 81.9 Å². The van der Waals surface area contributed by atoms with Gasteiger partial charge in [0.1, 0.15) is 11.3 Å². The molecule has 0 radical (unpaired) electrons. The molecule has 0 saturated heterocycles. The molecule has 1 aromatic carbocycles. The number of halogens is 3. The van der Waals surface area contributed by atoms with Gasteiger partial charge in [-0.25, -0.2) is 14.8 Å². The number of aromatic nitrogens is 4. The van der Waals surface area contributed by atoms with E-state index in [0.29, 0.717) is 35.6 Å². The third kappa shape index (κ3) is 6.93. The van der Waals surface area contributed by atoms with Crippen molar-refractivity contribution >= 4 is 17.1 Å². The van der Waals surface area contributed by atoms with E-state index in [9.17, 15) is 18.0 Å². The van der Waals surface area contributed by atoms with Crippen LogP contribution in [0.5, 0.6) is 0 Å². The van der Waals surface area contributed by atoms with Gasteiger partial charge in [-0.3, -0.25) is 4.68 Å². The molecule has 0 saturated carbocycles. The molecule has 10 heteroatoms. The number of alkyl carbamates (subject to hydrolysis) is 1. The summed E-state index contributed by atoms with van der Waals surface area (Å²) in [7, 11) is 0. The Morgan fingerprint density at radius 3 is 2.26 bits per heavy atom. The molecule has 35 heavy (non-hydrogen) atoms. The van der Waals surface area contributed by atoms with E-state index in [1.165, 1.54) is 6.07 Å². The average Bonchev–Trinajstić information content (AvgIpc) is 3.03. The Balaban J connectivity index is 1.64. The van der Waals surface area contributed by atoms with Gasteiger partial charge in [-0.1, -0.05) is 25.0 Å². The van der Waals surface area contributed by atoms with Crippen LogP contribution in [0, 0.1) is 13.8 Å². The number of unbranched alkanes of at least 4 members (excludes halogenated alkanes) is 3. The molecule has 0 aliphatic heterocycles. The summed E-state index contributed by atoms with van der Waals surface area (Å²) < 4.78 is 48.5. The van der Waals surface area contributed by atoms with E-state index in [1.54, 1.807) is 36.7 Å². The molecule has 7 nitrogen and oxygen atoms in total. The molecule has 0 bridgehead atoms. The van der Waals surface area contributed by atoms with E-state index >= 15 is 0 Å². The number of carbonyl (C=O) groups is 1. The monoisotopic (exact) mass is 491 g/mol. The molecule has 0 aliphatic rings. The number of hydrogen-bond donors (Lipinski definition) is 1. The fourth-order valence-electron chi connectivity index (χ4n) is 3.87. The number of para-hydroxylation sites is 2. The minimum absolute atomic E-state index is 0.189. The lowest BCUT2D eigenvalue weighted by Gasteiger charge is -2.19. The molecule has 0 unspecified atom stereocenters. The van der Waals surface area contributed by atoms with Gasteiger partial charge in [-0.05, 0) is 59.6 Å². The van der Waals surface area contributed by atoms with E-state index in [4.69, 9.17) is 4.74 Å². The highest BCUT2D eigenvalue weighted by Gasteiger charge is 2.38. The fraction of sp³-hybridized carbons (Fsp3) is 0.520.